The minimum absolute atomic E-state index is 0.159. The molecule has 3 aromatic rings. The Balaban J connectivity index is 1.62. The maximum absolute atomic E-state index is 12.6. The summed E-state index contributed by atoms with van der Waals surface area (Å²) in [6.45, 7) is 0.831. The van der Waals surface area contributed by atoms with E-state index in [-0.39, 0.29) is 11.7 Å². The minimum Gasteiger partial charge on any atom is -0.459 e. The summed E-state index contributed by atoms with van der Waals surface area (Å²) in [7, 11) is 0. The topological polar surface area (TPSA) is 102 Å². The van der Waals surface area contributed by atoms with E-state index < -0.39 is 11.9 Å². The van der Waals surface area contributed by atoms with Crippen molar-refractivity contribution in [3.05, 3.63) is 72.4 Å². The fourth-order valence-corrected chi connectivity index (χ4v) is 2.43. The number of nitrogens with zero attached hydrogens (tertiary/aromatic N) is 3. The smallest absolute Gasteiger partial charge is 0.287 e. The molecule has 2 N–H and O–H groups in total. The Morgan fingerprint density at radius 2 is 2.00 bits per heavy atom. The average Bonchev–Trinajstić information content (AvgIpc) is 3.37. The van der Waals surface area contributed by atoms with E-state index in [1.54, 1.807) is 29.2 Å². The van der Waals surface area contributed by atoms with Crippen molar-refractivity contribution in [2.75, 3.05) is 0 Å². The number of aryl methyl sites for hydroxylation is 1. The molecule has 0 aliphatic heterocycles. The number of carbonyl (C=O) groups excluding carboxylic acids is 2. The summed E-state index contributed by atoms with van der Waals surface area (Å²) in [6.07, 6.45) is 5.05. The third kappa shape index (κ3) is 4.79. The van der Waals surface area contributed by atoms with Crippen molar-refractivity contribution >= 4 is 11.8 Å². The number of nitrogens with one attached hydrogen (secondary N) is 2. The predicted molar refractivity (Wildman–Crippen MR) is 92.9 cm³/mol. The highest BCUT2D eigenvalue weighted by atomic mass is 16.3. The summed E-state index contributed by atoms with van der Waals surface area (Å²) in [5, 5.41) is 13.2. The van der Waals surface area contributed by atoms with Crippen LogP contribution in [0.25, 0.3) is 0 Å². The van der Waals surface area contributed by atoms with E-state index in [0.717, 1.165) is 5.56 Å². The van der Waals surface area contributed by atoms with Crippen LogP contribution in [0.15, 0.2) is 65.5 Å². The molecule has 1 aromatic carbocycles. The predicted octanol–water partition coefficient (Wildman–Crippen LogP) is 1.38. The van der Waals surface area contributed by atoms with Crippen LogP contribution in [0.5, 0.6) is 0 Å². The second-order valence-corrected chi connectivity index (χ2v) is 5.66. The Kier molecular flexibility index (Phi) is 5.76. The summed E-state index contributed by atoms with van der Waals surface area (Å²) in [5.74, 6) is -0.547. The lowest BCUT2D eigenvalue weighted by Crippen LogP contribution is -2.47. The molecule has 0 aliphatic carbocycles. The number of aromatic nitrogens is 3. The maximum atomic E-state index is 12.6. The van der Waals surface area contributed by atoms with Crippen LogP contribution in [0.3, 0.4) is 0 Å². The molecule has 3 rings (SSSR count). The second-order valence-electron chi connectivity index (χ2n) is 5.66. The summed E-state index contributed by atoms with van der Waals surface area (Å²) < 4.78 is 6.69. The van der Waals surface area contributed by atoms with Gasteiger partial charge in [0.05, 0.1) is 12.5 Å². The van der Waals surface area contributed by atoms with Crippen LogP contribution < -0.4 is 10.6 Å². The average molecular weight is 353 g/mol. The highest BCUT2D eigenvalue weighted by molar-refractivity contribution is 5.95. The van der Waals surface area contributed by atoms with Gasteiger partial charge in [-0.1, -0.05) is 35.5 Å². The largest absolute Gasteiger partial charge is 0.459 e. The molecule has 8 heteroatoms. The van der Waals surface area contributed by atoms with Gasteiger partial charge >= 0.3 is 0 Å². The SMILES string of the molecule is O=C(NC(CCn1ccnn1)C(=O)NCc1ccccc1)c1ccco1. The Morgan fingerprint density at radius 3 is 2.69 bits per heavy atom. The molecule has 0 spiro atoms. The zero-order chi connectivity index (χ0) is 18.2. The maximum Gasteiger partial charge on any atom is 0.287 e. The molecule has 2 aromatic heterocycles. The van der Waals surface area contributed by atoms with Gasteiger partial charge in [-0.2, -0.15) is 0 Å². The van der Waals surface area contributed by atoms with E-state index >= 15 is 0 Å². The molecule has 1 unspecified atom stereocenters. The third-order valence-electron chi connectivity index (χ3n) is 3.80. The van der Waals surface area contributed by atoms with Gasteiger partial charge in [-0.25, -0.2) is 0 Å². The number of carbonyl (C=O) groups is 2. The highest BCUT2D eigenvalue weighted by Gasteiger charge is 2.22. The second kappa shape index (κ2) is 8.61. The number of furan rings is 1. The molecule has 2 amide bonds. The molecule has 0 radical (unpaired) electrons. The van der Waals surface area contributed by atoms with Crippen molar-refractivity contribution in [3.63, 3.8) is 0 Å². The fraction of sp³-hybridized carbons (Fsp3) is 0.222. The minimum atomic E-state index is -0.722. The van der Waals surface area contributed by atoms with Gasteiger partial charge in [0.25, 0.3) is 5.91 Å². The molecule has 26 heavy (non-hydrogen) atoms. The molecule has 2 heterocycles. The Morgan fingerprint density at radius 1 is 1.15 bits per heavy atom. The van der Waals surface area contributed by atoms with Gasteiger partial charge in [0.1, 0.15) is 6.04 Å². The first kappa shape index (κ1) is 17.4. The lowest BCUT2D eigenvalue weighted by atomic mass is 10.1. The third-order valence-corrected chi connectivity index (χ3v) is 3.80. The number of hydrogen-bond donors (Lipinski definition) is 2. The lowest BCUT2D eigenvalue weighted by molar-refractivity contribution is -0.123. The summed E-state index contributed by atoms with van der Waals surface area (Å²) in [6, 6.07) is 12.0. The van der Waals surface area contributed by atoms with E-state index in [2.05, 4.69) is 20.9 Å². The molecule has 0 bridgehead atoms. The monoisotopic (exact) mass is 353 g/mol. The Bertz CT molecular complexity index is 816. The molecule has 0 saturated heterocycles. The Labute approximate surface area is 150 Å². The molecular formula is C18H19N5O3. The van der Waals surface area contributed by atoms with E-state index in [1.165, 1.54) is 6.26 Å². The first-order chi connectivity index (χ1) is 12.7. The zero-order valence-electron chi connectivity index (χ0n) is 14.0. The van der Waals surface area contributed by atoms with Crippen LogP contribution in [0.1, 0.15) is 22.5 Å². The number of amides is 2. The molecular weight excluding hydrogens is 334 g/mol. The molecule has 0 saturated carbocycles. The van der Waals surface area contributed by atoms with E-state index in [9.17, 15) is 9.59 Å². The molecule has 8 nitrogen and oxygen atoms in total. The van der Waals surface area contributed by atoms with E-state index in [1.807, 2.05) is 30.3 Å². The van der Waals surface area contributed by atoms with Crippen molar-refractivity contribution in [3.8, 4) is 0 Å². The fourth-order valence-electron chi connectivity index (χ4n) is 2.43. The normalized spacial score (nSPS) is 11.7. The summed E-state index contributed by atoms with van der Waals surface area (Å²) >= 11 is 0. The molecule has 0 fully saturated rings. The summed E-state index contributed by atoms with van der Waals surface area (Å²) in [5.41, 5.74) is 0.980. The first-order valence-electron chi connectivity index (χ1n) is 8.22. The molecule has 0 aliphatic rings. The van der Waals surface area contributed by atoms with Crippen LogP contribution in [0.4, 0.5) is 0 Å². The highest BCUT2D eigenvalue weighted by Crippen LogP contribution is 2.04. The first-order valence-corrected chi connectivity index (χ1v) is 8.22. The van der Waals surface area contributed by atoms with Gasteiger partial charge in [-0.05, 0) is 24.1 Å². The van der Waals surface area contributed by atoms with Crippen LogP contribution in [0, 0.1) is 0 Å². The van der Waals surface area contributed by atoms with Crippen molar-refractivity contribution in [1.82, 2.24) is 25.6 Å². The lowest BCUT2D eigenvalue weighted by Gasteiger charge is -2.18. The van der Waals surface area contributed by atoms with Crippen LogP contribution >= 0.6 is 0 Å². The number of rotatable bonds is 8. The van der Waals surface area contributed by atoms with Crippen molar-refractivity contribution in [1.29, 1.82) is 0 Å². The van der Waals surface area contributed by atoms with Crippen LogP contribution in [-0.2, 0) is 17.9 Å². The van der Waals surface area contributed by atoms with Gasteiger partial charge in [-0.3, -0.25) is 14.3 Å². The molecule has 1 atom stereocenters. The summed E-state index contributed by atoms with van der Waals surface area (Å²) in [4.78, 5) is 24.8. The van der Waals surface area contributed by atoms with Crippen molar-refractivity contribution in [2.45, 2.75) is 25.6 Å². The van der Waals surface area contributed by atoms with Gasteiger partial charge in [0.2, 0.25) is 5.91 Å². The number of benzene rings is 1. The number of hydrogen-bond acceptors (Lipinski definition) is 5. The van der Waals surface area contributed by atoms with Gasteiger partial charge in [0, 0.05) is 19.3 Å². The van der Waals surface area contributed by atoms with Gasteiger partial charge in [-0.15, -0.1) is 5.10 Å². The zero-order valence-corrected chi connectivity index (χ0v) is 14.0. The van der Waals surface area contributed by atoms with Gasteiger partial charge in [0.15, 0.2) is 5.76 Å². The van der Waals surface area contributed by atoms with E-state index in [4.69, 9.17) is 4.42 Å². The molecule has 134 valence electrons. The van der Waals surface area contributed by atoms with Gasteiger partial charge < -0.3 is 15.1 Å². The Hall–Kier alpha value is -3.42. The quantitative estimate of drug-likeness (QED) is 0.637. The standard InChI is InChI=1S/C18H19N5O3/c24-17(19-13-14-5-2-1-3-6-14)15(8-10-23-11-9-20-22-23)21-18(25)16-7-4-12-26-16/h1-7,9,11-12,15H,8,10,13H2,(H,19,24)(H,21,25). The van der Waals surface area contributed by atoms with Crippen molar-refractivity contribution in [2.24, 2.45) is 0 Å². The van der Waals surface area contributed by atoms with Crippen molar-refractivity contribution < 1.29 is 14.0 Å². The van der Waals surface area contributed by atoms with Crippen LogP contribution in [0.2, 0.25) is 0 Å². The van der Waals surface area contributed by atoms with Crippen LogP contribution in [-0.4, -0.2) is 32.9 Å². The van der Waals surface area contributed by atoms with E-state index in [0.29, 0.717) is 19.5 Å².